The Hall–Kier alpha value is -3.40. The zero-order chi connectivity index (χ0) is 19.5. The summed E-state index contributed by atoms with van der Waals surface area (Å²) in [6, 6.07) is 24.2. The quantitative estimate of drug-likeness (QED) is 0.612. The number of methoxy groups -OCH3 is 1. The molecular formula is C24H21NO3. The van der Waals surface area contributed by atoms with E-state index in [4.69, 9.17) is 4.74 Å². The van der Waals surface area contributed by atoms with Crippen molar-refractivity contribution < 1.29 is 14.3 Å². The Labute approximate surface area is 164 Å². The van der Waals surface area contributed by atoms with Crippen molar-refractivity contribution in [3.05, 3.63) is 78.4 Å². The molecule has 4 rings (SSSR count). The van der Waals surface area contributed by atoms with Crippen LogP contribution in [0.5, 0.6) is 5.75 Å². The minimum absolute atomic E-state index is 0.125. The summed E-state index contributed by atoms with van der Waals surface area (Å²) in [7, 11) is 1.63. The van der Waals surface area contributed by atoms with Crippen LogP contribution in [0.2, 0.25) is 0 Å². The van der Waals surface area contributed by atoms with Crippen molar-refractivity contribution in [1.29, 1.82) is 0 Å². The van der Waals surface area contributed by atoms with E-state index < -0.39 is 0 Å². The summed E-state index contributed by atoms with van der Waals surface area (Å²) in [5.41, 5.74) is 4.95. The monoisotopic (exact) mass is 371 g/mol. The topological polar surface area (TPSA) is 46.6 Å². The summed E-state index contributed by atoms with van der Waals surface area (Å²) in [6.45, 7) is 0.232. The van der Waals surface area contributed by atoms with Gasteiger partial charge in [0.2, 0.25) is 11.8 Å². The van der Waals surface area contributed by atoms with E-state index >= 15 is 0 Å². The first-order chi connectivity index (χ1) is 13.7. The number of likely N-dealkylation sites (tertiary alicyclic amines) is 1. The van der Waals surface area contributed by atoms with Gasteiger partial charge in [-0.05, 0) is 16.7 Å². The second-order valence-corrected chi connectivity index (χ2v) is 6.79. The van der Waals surface area contributed by atoms with Crippen LogP contribution >= 0.6 is 0 Å². The smallest absolute Gasteiger partial charge is 0.230 e. The molecule has 140 valence electrons. The molecule has 1 heterocycles. The molecule has 0 aromatic heterocycles. The summed E-state index contributed by atoms with van der Waals surface area (Å²) >= 11 is 0. The molecule has 0 bridgehead atoms. The van der Waals surface area contributed by atoms with E-state index in [0.717, 1.165) is 27.8 Å². The molecule has 4 nitrogen and oxygen atoms in total. The lowest BCUT2D eigenvalue weighted by atomic mass is 9.91. The molecule has 2 amide bonds. The fourth-order valence-electron chi connectivity index (χ4n) is 3.70. The lowest BCUT2D eigenvalue weighted by Crippen LogP contribution is -2.28. The number of rotatable bonds is 5. The third kappa shape index (κ3) is 3.29. The van der Waals surface area contributed by atoms with Crippen molar-refractivity contribution in [3.63, 3.8) is 0 Å². The van der Waals surface area contributed by atoms with Crippen molar-refractivity contribution in [2.24, 2.45) is 0 Å². The number of ether oxygens (including phenoxy) is 1. The van der Waals surface area contributed by atoms with Gasteiger partial charge in [-0.3, -0.25) is 14.5 Å². The van der Waals surface area contributed by atoms with Gasteiger partial charge in [-0.1, -0.05) is 72.8 Å². The molecule has 0 atom stereocenters. The number of carbonyl (C=O) groups is 2. The van der Waals surface area contributed by atoms with Gasteiger partial charge in [0, 0.05) is 24.0 Å². The number of carbonyl (C=O) groups excluding carboxylic acids is 2. The highest BCUT2D eigenvalue weighted by molar-refractivity contribution is 6.02. The van der Waals surface area contributed by atoms with Gasteiger partial charge >= 0.3 is 0 Å². The zero-order valence-electron chi connectivity index (χ0n) is 15.7. The zero-order valence-corrected chi connectivity index (χ0v) is 15.7. The maximum absolute atomic E-state index is 12.1. The maximum atomic E-state index is 12.1. The normalized spacial score (nSPS) is 13.8. The molecule has 0 saturated carbocycles. The lowest BCUT2D eigenvalue weighted by Gasteiger charge is -2.21. The van der Waals surface area contributed by atoms with Gasteiger partial charge in [0.05, 0.1) is 13.7 Å². The first-order valence-electron chi connectivity index (χ1n) is 9.33. The number of nitrogens with zero attached hydrogens (tertiary/aromatic N) is 1. The predicted molar refractivity (Wildman–Crippen MR) is 109 cm³/mol. The van der Waals surface area contributed by atoms with Gasteiger partial charge in [-0.25, -0.2) is 0 Å². The molecule has 3 aromatic carbocycles. The third-order valence-corrected chi connectivity index (χ3v) is 5.07. The summed E-state index contributed by atoms with van der Waals surface area (Å²) in [6.07, 6.45) is 0.573. The number of hydrogen-bond acceptors (Lipinski definition) is 3. The van der Waals surface area contributed by atoms with Gasteiger partial charge in [0.25, 0.3) is 0 Å². The highest BCUT2D eigenvalue weighted by Gasteiger charge is 2.30. The number of benzene rings is 3. The fourth-order valence-corrected chi connectivity index (χ4v) is 3.70. The lowest BCUT2D eigenvalue weighted by molar-refractivity contribution is -0.139. The molecule has 0 N–H and O–H groups in total. The van der Waals surface area contributed by atoms with Crippen LogP contribution in [0.15, 0.2) is 72.8 Å². The van der Waals surface area contributed by atoms with E-state index in [2.05, 4.69) is 12.1 Å². The summed E-state index contributed by atoms with van der Waals surface area (Å²) in [4.78, 5) is 25.5. The van der Waals surface area contributed by atoms with Crippen molar-refractivity contribution in [2.75, 3.05) is 7.11 Å². The molecule has 1 aliphatic heterocycles. The average Bonchev–Trinajstić information content (AvgIpc) is 3.06. The molecule has 4 heteroatoms. The van der Waals surface area contributed by atoms with Crippen LogP contribution in [0.3, 0.4) is 0 Å². The number of hydrogen-bond donors (Lipinski definition) is 0. The van der Waals surface area contributed by atoms with Crippen LogP contribution in [0, 0.1) is 0 Å². The third-order valence-electron chi connectivity index (χ3n) is 5.07. The SMILES string of the molecule is COc1c(CN2C(=O)CCC2=O)ccc(-c2ccccc2)c1-c1ccccc1. The Morgan fingerprint density at radius 3 is 1.93 bits per heavy atom. The Kier molecular flexibility index (Phi) is 4.94. The largest absolute Gasteiger partial charge is 0.496 e. The Balaban J connectivity index is 1.88. The van der Waals surface area contributed by atoms with E-state index in [1.54, 1.807) is 7.11 Å². The van der Waals surface area contributed by atoms with Crippen molar-refractivity contribution in [1.82, 2.24) is 4.90 Å². The van der Waals surface area contributed by atoms with Crippen LogP contribution in [0.1, 0.15) is 18.4 Å². The summed E-state index contributed by atoms with van der Waals surface area (Å²) in [5.74, 6) is 0.445. The highest BCUT2D eigenvalue weighted by Crippen LogP contribution is 2.42. The van der Waals surface area contributed by atoms with Gasteiger partial charge in [-0.2, -0.15) is 0 Å². The molecule has 1 fully saturated rings. The molecule has 1 saturated heterocycles. The van der Waals surface area contributed by atoms with Crippen LogP contribution < -0.4 is 4.74 Å². The van der Waals surface area contributed by atoms with Crippen LogP contribution in [-0.2, 0) is 16.1 Å². The van der Waals surface area contributed by atoms with Gasteiger partial charge in [-0.15, -0.1) is 0 Å². The minimum Gasteiger partial charge on any atom is -0.496 e. The van der Waals surface area contributed by atoms with E-state index in [0.29, 0.717) is 5.75 Å². The van der Waals surface area contributed by atoms with Crippen molar-refractivity contribution in [3.8, 4) is 28.0 Å². The molecule has 0 spiro atoms. The summed E-state index contributed by atoms with van der Waals surface area (Å²) < 4.78 is 5.82. The van der Waals surface area contributed by atoms with Crippen molar-refractivity contribution >= 4 is 11.8 Å². The molecule has 3 aromatic rings. The van der Waals surface area contributed by atoms with Crippen LogP contribution in [-0.4, -0.2) is 23.8 Å². The molecule has 0 unspecified atom stereocenters. The van der Waals surface area contributed by atoms with E-state index in [9.17, 15) is 9.59 Å². The van der Waals surface area contributed by atoms with E-state index in [1.165, 1.54) is 4.90 Å². The Morgan fingerprint density at radius 2 is 1.36 bits per heavy atom. The number of imide groups is 1. The molecule has 0 radical (unpaired) electrons. The first-order valence-corrected chi connectivity index (χ1v) is 9.33. The van der Waals surface area contributed by atoms with Gasteiger partial charge < -0.3 is 4.74 Å². The Bertz CT molecular complexity index is 997. The summed E-state index contributed by atoms with van der Waals surface area (Å²) in [5, 5.41) is 0. The van der Waals surface area contributed by atoms with E-state index in [-0.39, 0.29) is 31.2 Å². The highest BCUT2D eigenvalue weighted by atomic mass is 16.5. The second kappa shape index (κ2) is 7.69. The Morgan fingerprint density at radius 1 is 0.786 bits per heavy atom. The van der Waals surface area contributed by atoms with Gasteiger partial charge in [0.1, 0.15) is 5.75 Å². The second-order valence-electron chi connectivity index (χ2n) is 6.79. The fraction of sp³-hybridized carbons (Fsp3) is 0.167. The van der Waals surface area contributed by atoms with E-state index in [1.807, 2.05) is 60.7 Å². The predicted octanol–water partition coefficient (Wildman–Crippen LogP) is 4.68. The molecule has 28 heavy (non-hydrogen) atoms. The van der Waals surface area contributed by atoms with Crippen LogP contribution in [0.25, 0.3) is 22.3 Å². The first kappa shape index (κ1) is 18.0. The maximum Gasteiger partial charge on any atom is 0.230 e. The van der Waals surface area contributed by atoms with Crippen molar-refractivity contribution in [2.45, 2.75) is 19.4 Å². The molecule has 0 aliphatic carbocycles. The van der Waals surface area contributed by atoms with Gasteiger partial charge in [0.15, 0.2) is 0 Å². The average molecular weight is 371 g/mol. The molecule has 1 aliphatic rings. The minimum atomic E-state index is -0.125. The van der Waals surface area contributed by atoms with Crippen LogP contribution in [0.4, 0.5) is 0 Å². The standard InChI is InChI=1S/C24H21NO3/c1-28-24-19(16-25-21(26)14-15-22(25)27)12-13-20(17-8-4-2-5-9-17)23(24)18-10-6-3-7-11-18/h2-13H,14-16H2,1H3. The number of amides is 2. The molecular weight excluding hydrogens is 350 g/mol.